The number of hydrogen-bond acceptors (Lipinski definition) is 4. The number of benzene rings is 2. The normalized spacial score (nSPS) is 17.0. The summed E-state index contributed by atoms with van der Waals surface area (Å²) in [4.78, 5) is 6.88. The lowest BCUT2D eigenvalue weighted by Crippen LogP contribution is -2.30. The molecule has 0 spiro atoms. The van der Waals surface area contributed by atoms with Crippen LogP contribution in [0.1, 0.15) is 51.4 Å². The zero-order chi connectivity index (χ0) is 27.1. The molecule has 2 aromatic carbocycles. The highest BCUT2D eigenvalue weighted by Crippen LogP contribution is 2.47. The Morgan fingerprint density at radius 3 is 2.26 bits per heavy atom. The molecule has 1 fully saturated rings. The molecule has 0 aliphatic carbocycles. The summed E-state index contributed by atoms with van der Waals surface area (Å²) in [6, 6.07) is 18.3. The van der Waals surface area contributed by atoms with Gasteiger partial charge in [0.2, 0.25) is 0 Å². The van der Waals surface area contributed by atoms with E-state index in [-0.39, 0.29) is 12.1 Å². The van der Waals surface area contributed by atoms with E-state index in [0.717, 1.165) is 17.1 Å². The van der Waals surface area contributed by atoms with Crippen LogP contribution in [0, 0.1) is 34.6 Å². The summed E-state index contributed by atoms with van der Waals surface area (Å²) >= 11 is 5.97. The van der Waals surface area contributed by atoms with Gasteiger partial charge in [-0.15, -0.1) is 0 Å². The van der Waals surface area contributed by atoms with Crippen molar-refractivity contribution in [2.45, 2.75) is 46.7 Å². The van der Waals surface area contributed by atoms with Crippen molar-refractivity contribution in [3.63, 3.8) is 0 Å². The Labute approximate surface area is 230 Å². The molecule has 1 saturated heterocycles. The number of nitrogens with one attached hydrogen (secondary N) is 1. The maximum atomic E-state index is 5.97. The van der Waals surface area contributed by atoms with Crippen LogP contribution in [0.2, 0.25) is 0 Å². The van der Waals surface area contributed by atoms with E-state index in [1.807, 2.05) is 36.5 Å². The molecule has 2 aromatic heterocycles. The summed E-state index contributed by atoms with van der Waals surface area (Å²) in [5.41, 5.74) is 10.3. The highest BCUT2D eigenvalue weighted by atomic mass is 32.1. The number of ether oxygens (including phenoxy) is 2. The van der Waals surface area contributed by atoms with Crippen molar-refractivity contribution in [3.8, 4) is 17.2 Å². The number of aromatic nitrogens is 2. The second kappa shape index (κ2) is 10.1. The van der Waals surface area contributed by atoms with Gasteiger partial charge in [0.25, 0.3) is 0 Å². The SMILES string of the molecule is COc1ccc(N2C(=S)N[C@@H](c3ccccn3)[C@H]2c2cc(C)n(-c3c(C)cc(C)cc3C)c2C)c(OC)c1. The van der Waals surface area contributed by atoms with E-state index in [4.69, 9.17) is 26.7 Å². The van der Waals surface area contributed by atoms with Crippen molar-refractivity contribution in [2.24, 2.45) is 0 Å². The van der Waals surface area contributed by atoms with Crippen molar-refractivity contribution in [1.82, 2.24) is 14.9 Å². The Morgan fingerprint density at radius 2 is 1.63 bits per heavy atom. The van der Waals surface area contributed by atoms with Gasteiger partial charge in [-0.2, -0.15) is 0 Å². The molecule has 5 rings (SSSR count). The summed E-state index contributed by atoms with van der Waals surface area (Å²) in [6.07, 6.45) is 1.83. The van der Waals surface area contributed by atoms with E-state index in [0.29, 0.717) is 10.9 Å². The quantitative estimate of drug-likeness (QED) is 0.285. The fraction of sp³-hybridized carbons (Fsp3) is 0.290. The van der Waals surface area contributed by atoms with Crippen LogP contribution in [0.15, 0.2) is 60.8 Å². The Hall–Kier alpha value is -3.84. The van der Waals surface area contributed by atoms with Crippen LogP contribution >= 0.6 is 12.2 Å². The minimum Gasteiger partial charge on any atom is -0.497 e. The van der Waals surface area contributed by atoms with Crippen LogP contribution in [0.25, 0.3) is 5.69 Å². The number of anilines is 1. The second-order valence-electron chi connectivity index (χ2n) is 9.94. The lowest BCUT2D eigenvalue weighted by Gasteiger charge is -2.29. The molecule has 7 heteroatoms. The van der Waals surface area contributed by atoms with Crippen molar-refractivity contribution in [3.05, 3.63) is 100 Å². The summed E-state index contributed by atoms with van der Waals surface area (Å²) in [5.74, 6) is 1.42. The van der Waals surface area contributed by atoms with Crippen molar-refractivity contribution in [1.29, 1.82) is 0 Å². The second-order valence-corrected chi connectivity index (χ2v) is 10.3. The Balaban J connectivity index is 1.73. The monoisotopic (exact) mass is 526 g/mol. The number of thiocarbonyl (C=S) groups is 1. The molecule has 0 bridgehead atoms. The summed E-state index contributed by atoms with van der Waals surface area (Å²) in [7, 11) is 3.32. The summed E-state index contributed by atoms with van der Waals surface area (Å²) < 4.78 is 13.7. The smallest absolute Gasteiger partial charge is 0.174 e. The standard InChI is InChI=1S/C31H34N4O2S/c1-18-14-19(2)29(20(3)15-18)34-21(4)16-24(22(34)5)30-28(25-10-8-9-13-32-25)33-31(38)35(30)26-12-11-23(36-6)17-27(26)37-7/h8-17,28,30H,1-7H3,(H,33,38)/t28-,30+/m0/s1. The Morgan fingerprint density at radius 1 is 0.895 bits per heavy atom. The molecule has 38 heavy (non-hydrogen) atoms. The van der Waals surface area contributed by atoms with Crippen LogP contribution in [-0.4, -0.2) is 28.9 Å². The third-order valence-electron chi connectivity index (χ3n) is 7.39. The minimum atomic E-state index is -0.148. The van der Waals surface area contributed by atoms with Gasteiger partial charge in [-0.1, -0.05) is 23.8 Å². The van der Waals surface area contributed by atoms with Crippen molar-refractivity contribution >= 4 is 23.0 Å². The van der Waals surface area contributed by atoms with E-state index in [9.17, 15) is 0 Å². The van der Waals surface area contributed by atoms with Crippen LogP contribution in [0.3, 0.4) is 0 Å². The molecule has 1 N–H and O–H groups in total. The predicted octanol–water partition coefficient (Wildman–Crippen LogP) is 6.61. The van der Waals surface area contributed by atoms with Gasteiger partial charge in [0.05, 0.1) is 43.4 Å². The highest BCUT2D eigenvalue weighted by Gasteiger charge is 2.43. The maximum Gasteiger partial charge on any atom is 0.174 e. The van der Waals surface area contributed by atoms with Crippen LogP contribution < -0.4 is 19.7 Å². The third-order valence-corrected chi connectivity index (χ3v) is 7.71. The molecule has 196 valence electrons. The van der Waals surface area contributed by atoms with E-state index in [1.54, 1.807) is 14.2 Å². The average molecular weight is 527 g/mol. The van der Waals surface area contributed by atoms with Gasteiger partial charge in [-0.25, -0.2) is 0 Å². The lowest BCUT2D eigenvalue weighted by atomic mass is 9.96. The van der Waals surface area contributed by atoms with Crippen molar-refractivity contribution in [2.75, 3.05) is 19.1 Å². The molecule has 3 heterocycles. The van der Waals surface area contributed by atoms with Crippen LogP contribution in [0.5, 0.6) is 11.5 Å². The first-order valence-corrected chi connectivity index (χ1v) is 13.2. The number of nitrogens with zero attached hydrogens (tertiary/aromatic N) is 3. The van der Waals surface area contributed by atoms with E-state index in [2.05, 4.69) is 73.7 Å². The highest BCUT2D eigenvalue weighted by molar-refractivity contribution is 7.80. The molecule has 0 amide bonds. The number of rotatable bonds is 6. The van der Waals surface area contributed by atoms with Crippen LogP contribution in [-0.2, 0) is 0 Å². The van der Waals surface area contributed by atoms with Gasteiger partial charge in [-0.3, -0.25) is 4.98 Å². The average Bonchev–Trinajstić information content (AvgIpc) is 3.39. The molecular weight excluding hydrogens is 492 g/mol. The Bertz CT molecular complexity index is 1490. The van der Waals surface area contributed by atoms with Crippen LogP contribution in [0.4, 0.5) is 5.69 Å². The maximum absolute atomic E-state index is 5.97. The van der Waals surface area contributed by atoms with Gasteiger partial charge < -0.3 is 24.3 Å². The zero-order valence-corrected chi connectivity index (χ0v) is 23.8. The fourth-order valence-corrected chi connectivity index (χ4v) is 6.21. The topological polar surface area (TPSA) is 51.5 Å². The van der Waals surface area contributed by atoms with Gasteiger partial charge >= 0.3 is 0 Å². The van der Waals surface area contributed by atoms with E-state index >= 15 is 0 Å². The molecule has 0 saturated carbocycles. The number of hydrogen-bond donors (Lipinski definition) is 1. The van der Waals surface area contributed by atoms with E-state index < -0.39 is 0 Å². The number of aryl methyl sites for hydroxylation is 4. The minimum absolute atomic E-state index is 0.147. The largest absolute Gasteiger partial charge is 0.497 e. The predicted molar refractivity (Wildman–Crippen MR) is 157 cm³/mol. The van der Waals surface area contributed by atoms with Crippen molar-refractivity contribution < 1.29 is 9.47 Å². The van der Waals surface area contributed by atoms with Gasteiger partial charge in [0, 0.05) is 23.7 Å². The number of pyridine rings is 1. The first-order chi connectivity index (χ1) is 18.2. The molecule has 1 aliphatic rings. The molecule has 4 aromatic rings. The summed E-state index contributed by atoms with van der Waals surface area (Å²) in [5, 5.41) is 4.20. The molecule has 1 aliphatic heterocycles. The zero-order valence-electron chi connectivity index (χ0n) is 23.0. The third kappa shape index (κ3) is 4.31. The number of methoxy groups -OCH3 is 2. The molecule has 0 unspecified atom stereocenters. The van der Waals surface area contributed by atoms with E-state index in [1.165, 1.54) is 39.3 Å². The lowest BCUT2D eigenvalue weighted by molar-refractivity contribution is 0.394. The van der Waals surface area contributed by atoms with Gasteiger partial charge in [0.1, 0.15) is 11.5 Å². The first-order valence-electron chi connectivity index (χ1n) is 12.7. The molecule has 0 radical (unpaired) electrons. The first kappa shape index (κ1) is 25.8. The fourth-order valence-electron chi connectivity index (χ4n) is 5.87. The Kier molecular flexibility index (Phi) is 6.88. The summed E-state index contributed by atoms with van der Waals surface area (Å²) in [6.45, 7) is 10.9. The molecular formula is C31H34N4O2S. The molecule has 6 nitrogen and oxygen atoms in total. The molecule has 2 atom stereocenters. The van der Waals surface area contributed by atoms with Gasteiger partial charge in [0.15, 0.2) is 5.11 Å². The van der Waals surface area contributed by atoms with Gasteiger partial charge in [-0.05, 0) is 93.9 Å².